The van der Waals surface area contributed by atoms with Gasteiger partial charge in [-0.2, -0.15) is 5.26 Å². The van der Waals surface area contributed by atoms with E-state index in [9.17, 15) is 4.79 Å². The minimum Gasteiger partial charge on any atom is -0.355 e. The standard InChI is InChI=1S/C12H20N2O/c1-10-3-2-4-11(9-10)6-8-14-12(15)5-7-13/h10-11H,2-6,8-9H2,1H3,(H,14,15). The van der Waals surface area contributed by atoms with Crippen molar-refractivity contribution in [2.45, 2.75) is 45.4 Å². The van der Waals surface area contributed by atoms with Crippen LogP contribution >= 0.6 is 0 Å². The van der Waals surface area contributed by atoms with Crippen molar-refractivity contribution in [3.63, 3.8) is 0 Å². The highest BCUT2D eigenvalue weighted by molar-refractivity contribution is 5.77. The van der Waals surface area contributed by atoms with Gasteiger partial charge >= 0.3 is 0 Å². The Hall–Kier alpha value is -1.04. The van der Waals surface area contributed by atoms with E-state index in [4.69, 9.17) is 5.26 Å². The van der Waals surface area contributed by atoms with Gasteiger partial charge in [0.2, 0.25) is 5.91 Å². The maximum Gasteiger partial charge on any atom is 0.234 e. The summed E-state index contributed by atoms with van der Waals surface area (Å²) in [6.07, 6.45) is 6.35. The van der Waals surface area contributed by atoms with E-state index in [-0.39, 0.29) is 12.3 Å². The molecule has 1 N–H and O–H groups in total. The summed E-state index contributed by atoms with van der Waals surface area (Å²) >= 11 is 0. The van der Waals surface area contributed by atoms with Crippen LogP contribution in [0.2, 0.25) is 0 Å². The first-order valence-electron chi connectivity index (χ1n) is 5.86. The van der Waals surface area contributed by atoms with Crippen molar-refractivity contribution in [3.05, 3.63) is 0 Å². The number of hydrogen-bond acceptors (Lipinski definition) is 2. The van der Waals surface area contributed by atoms with Crippen LogP contribution in [0.3, 0.4) is 0 Å². The number of nitriles is 1. The summed E-state index contributed by atoms with van der Waals surface area (Å²) in [6, 6.07) is 1.85. The first kappa shape index (κ1) is 12.0. The van der Waals surface area contributed by atoms with Crippen LogP contribution in [-0.2, 0) is 4.79 Å². The van der Waals surface area contributed by atoms with E-state index in [2.05, 4.69) is 12.2 Å². The van der Waals surface area contributed by atoms with Crippen LogP contribution in [0, 0.1) is 23.2 Å². The number of carbonyl (C=O) groups excluding carboxylic acids is 1. The number of amides is 1. The Morgan fingerprint density at radius 2 is 2.33 bits per heavy atom. The zero-order chi connectivity index (χ0) is 11.1. The molecule has 0 saturated heterocycles. The fraction of sp³-hybridized carbons (Fsp3) is 0.833. The zero-order valence-corrected chi connectivity index (χ0v) is 9.46. The second kappa shape index (κ2) is 6.44. The van der Waals surface area contributed by atoms with Gasteiger partial charge in [-0.3, -0.25) is 4.79 Å². The van der Waals surface area contributed by atoms with Crippen LogP contribution in [0.15, 0.2) is 0 Å². The second-order valence-corrected chi connectivity index (χ2v) is 4.61. The molecular formula is C12H20N2O. The van der Waals surface area contributed by atoms with Gasteiger partial charge in [-0.15, -0.1) is 0 Å². The van der Waals surface area contributed by atoms with Gasteiger partial charge in [0.25, 0.3) is 0 Å². The lowest BCUT2D eigenvalue weighted by atomic mass is 9.81. The van der Waals surface area contributed by atoms with E-state index in [1.807, 2.05) is 6.07 Å². The third-order valence-electron chi connectivity index (χ3n) is 3.16. The van der Waals surface area contributed by atoms with E-state index in [0.29, 0.717) is 0 Å². The Morgan fingerprint density at radius 3 is 3.00 bits per heavy atom. The summed E-state index contributed by atoms with van der Waals surface area (Å²) < 4.78 is 0. The molecule has 2 unspecified atom stereocenters. The van der Waals surface area contributed by atoms with Crippen molar-refractivity contribution in [3.8, 4) is 6.07 Å². The molecule has 2 atom stereocenters. The van der Waals surface area contributed by atoms with Crippen molar-refractivity contribution >= 4 is 5.91 Å². The number of hydrogen-bond donors (Lipinski definition) is 1. The first-order chi connectivity index (χ1) is 7.22. The highest BCUT2D eigenvalue weighted by Gasteiger charge is 2.18. The largest absolute Gasteiger partial charge is 0.355 e. The van der Waals surface area contributed by atoms with Gasteiger partial charge in [0.1, 0.15) is 6.42 Å². The molecule has 0 aromatic carbocycles. The van der Waals surface area contributed by atoms with Gasteiger partial charge in [-0.05, 0) is 24.7 Å². The molecule has 0 spiro atoms. The maximum atomic E-state index is 11.0. The molecule has 0 bridgehead atoms. The van der Waals surface area contributed by atoms with Crippen LogP contribution < -0.4 is 5.32 Å². The molecule has 1 aliphatic carbocycles. The van der Waals surface area contributed by atoms with Gasteiger partial charge in [-0.25, -0.2) is 0 Å². The number of nitrogens with zero attached hydrogens (tertiary/aromatic N) is 1. The van der Waals surface area contributed by atoms with E-state index in [1.54, 1.807) is 0 Å². The van der Waals surface area contributed by atoms with Crippen molar-refractivity contribution < 1.29 is 4.79 Å². The Labute approximate surface area is 91.9 Å². The molecule has 1 rings (SSSR count). The van der Waals surface area contributed by atoms with Gasteiger partial charge < -0.3 is 5.32 Å². The topological polar surface area (TPSA) is 52.9 Å². The molecular weight excluding hydrogens is 188 g/mol. The maximum absolute atomic E-state index is 11.0. The molecule has 1 aliphatic rings. The summed E-state index contributed by atoms with van der Waals surface area (Å²) in [4.78, 5) is 11.0. The second-order valence-electron chi connectivity index (χ2n) is 4.61. The smallest absolute Gasteiger partial charge is 0.234 e. The highest BCUT2D eigenvalue weighted by atomic mass is 16.1. The van der Waals surface area contributed by atoms with E-state index in [1.165, 1.54) is 25.7 Å². The third-order valence-corrected chi connectivity index (χ3v) is 3.16. The first-order valence-corrected chi connectivity index (χ1v) is 5.86. The number of nitrogens with one attached hydrogen (secondary N) is 1. The molecule has 1 amide bonds. The molecule has 1 fully saturated rings. The van der Waals surface area contributed by atoms with Crippen molar-refractivity contribution in [2.75, 3.05) is 6.54 Å². The molecule has 0 aliphatic heterocycles. The predicted molar refractivity (Wildman–Crippen MR) is 59.0 cm³/mol. The molecule has 0 aromatic heterocycles. The van der Waals surface area contributed by atoms with Gasteiger partial charge in [0.15, 0.2) is 0 Å². The summed E-state index contributed by atoms with van der Waals surface area (Å²) in [6.45, 7) is 3.04. The van der Waals surface area contributed by atoms with Crippen LogP contribution in [0.25, 0.3) is 0 Å². The van der Waals surface area contributed by atoms with Crippen LogP contribution in [0.1, 0.15) is 45.4 Å². The monoisotopic (exact) mass is 208 g/mol. The summed E-state index contributed by atoms with van der Waals surface area (Å²) in [5, 5.41) is 11.1. The summed E-state index contributed by atoms with van der Waals surface area (Å²) in [5.41, 5.74) is 0. The number of carbonyl (C=O) groups is 1. The average molecular weight is 208 g/mol. The van der Waals surface area contributed by atoms with E-state index >= 15 is 0 Å². The predicted octanol–water partition coefficient (Wildman–Crippen LogP) is 2.23. The summed E-state index contributed by atoms with van der Waals surface area (Å²) in [7, 11) is 0. The SMILES string of the molecule is CC1CCCC(CCNC(=O)CC#N)C1. The van der Waals surface area contributed by atoms with Crippen molar-refractivity contribution in [1.82, 2.24) is 5.32 Å². The Morgan fingerprint density at radius 1 is 1.53 bits per heavy atom. The minimum atomic E-state index is -0.138. The molecule has 0 radical (unpaired) electrons. The Kier molecular flexibility index (Phi) is 5.17. The lowest BCUT2D eigenvalue weighted by Crippen LogP contribution is -2.26. The lowest BCUT2D eigenvalue weighted by molar-refractivity contribution is -0.120. The highest BCUT2D eigenvalue weighted by Crippen LogP contribution is 2.30. The molecule has 15 heavy (non-hydrogen) atoms. The van der Waals surface area contributed by atoms with Gasteiger partial charge in [-0.1, -0.05) is 26.2 Å². The minimum absolute atomic E-state index is 0.0128. The van der Waals surface area contributed by atoms with Crippen molar-refractivity contribution in [2.24, 2.45) is 11.8 Å². The van der Waals surface area contributed by atoms with E-state index < -0.39 is 0 Å². The van der Waals surface area contributed by atoms with Crippen LogP contribution in [-0.4, -0.2) is 12.5 Å². The molecule has 1 saturated carbocycles. The molecule has 84 valence electrons. The van der Waals surface area contributed by atoms with Gasteiger partial charge in [0, 0.05) is 6.54 Å². The lowest BCUT2D eigenvalue weighted by Gasteiger charge is -2.26. The number of rotatable bonds is 4. The van der Waals surface area contributed by atoms with Crippen LogP contribution in [0.4, 0.5) is 0 Å². The Balaban J connectivity index is 2.09. The van der Waals surface area contributed by atoms with E-state index in [0.717, 1.165) is 24.8 Å². The normalized spacial score (nSPS) is 25.6. The zero-order valence-electron chi connectivity index (χ0n) is 9.46. The average Bonchev–Trinajstić information content (AvgIpc) is 2.18. The van der Waals surface area contributed by atoms with Crippen molar-refractivity contribution in [1.29, 1.82) is 5.26 Å². The molecule has 0 aromatic rings. The van der Waals surface area contributed by atoms with Gasteiger partial charge in [0.05, 0.1) is 6.07 Å². The Bertz CT molecular complexity index is 244. The molecule has 3 nitrogen and oxygen atoms in total. The fourth-order valence-corrected chi connectivity index (χ4v) is 2.37. The molecule has 3 heteroatoms. The fourth-order valence-electron chi connectivity index (χ4n) is 2.37. The van der Waals surface area contributed by atoms with Crippen LogP contribution in [0.5, 0.6) is 0 Å². The quantitative estimate of drug-likeness (QED) is 0.770. The third kappa shape index (κ3) is 4.83. The summed E-state index contributed by atoms with van der Waals surface area (Å²) in [5.74, 6) is 1.48. The molecule has 0 heterocycles.